The van der Waals surface area contributed by atoms with Crippen LogP contribution in [0, 0.1) is 5.82 Å². The fraction of sp³-hybridized carbons (Fsp3) is 0.571. The highest BCUT2D eigenvalue weighted by atomic mass is 79.9. The summed E-state index contributed by atoms with van der Waals surface area (Å²) in [5, 5.41) is 3.28. The first-order chi connectivity index (χ1) is 8.40. The molecule has 0 fully saturated rings. The molecule has 4 heteroatoms. The number of rotatable bonds is 6. The molecule has 1 N–H and O–H groups in total. The van der Waals surface area contributed by atoms with E-state index in [1.807, 2.05) is 26.1 Å². The van der Waals surface area contributed by atoms with Crippen molar-refractivity contribution in [3.05, 3.63) is 34.1 Å². The van der Waals surface area contributed by atoms with Crippen LogP contribution in [-0.4, -0.2) is 25.3 Å². The maximum atomic E-state index is 13.2. The Hall–Kier alpha value is -0.450. The maximum Gasteiger partial charge on any atom is 0.137 e. The van der Waals surface area contributed by atoms with Crippen LogP contribution in [0.25, 0.3) is 0 Å². The molecule has 0 spiro atoms. The summed E-state index contributed by atoms with van der Waals surface area (Å²) in [6, 6.07) is 5.29. The lowest BCUT2D eigenvalue weighted by Crippen LogP contribution is -2.48. The zero-order valence-corrected chi connectivity index (χ0v) is 13.0. The first-order valence-corrected chi connectivity index (χ1v) is 6.95. The number of nitrogens with one attached hydrogen (secondary N) is 1. The zero-order valence-electron chi connectivity index (χ0n) is 11.4. The Bertz CT molecular complexity index is 395. The minimum absolute atomic E-state index is 0.176. The van der Waals surface area contributed by atoms with Crippen LogP contribution >= 0.6 is 15.9 Å². The lowest BCUT2D eigenvalue weighted by molar-refractivity contribution is -0.0363. The van der Waals surface area contributed by atoms with Crippen LogP contribution in [0.15, 0.2) is 22.7 Å². The van der Waals surface area contributed by atoms with Gasteiger partial charge in [0.15, 0.2) is 0 Å². The summed E-state index contributed by atoms with van der Waals surface area (Å²) in [5.41, 5.74) is 0.820. The first kappa shape index (κ1) is 15.6. The molecule has 2 nitrogen and oxygen atoms in total. The maximum absolute atomic E-state index is 13.2. The molecule has 102 valence electrons. The molecule has 0 amide bonds. The highest BCUT2D eigenvalue weighted by Gasteiger charge is 2.28. The van der Waals surface area contributed by atoms with Gasteiger partial charge in [-0.25, -0.2) is 4.39 Å². The minimum atomic E-state index is -0.260. The van der Waals surface area contributed by atoms with Crippen molar-refractivity contribution in [2.24, 2.45) is 0 Å². The van der Waals surface area contributed by atoms with Gasteiger partial charge in [-0.05, 0) is 67.9 Å². The van der Waals surface area contributed by atoms with Gasteiger partial charge in [0.25, 0.3) is 0 Å². The molecule has 0 aliphatic carbocycles. The van der Waals surface area contributed by atoms with E-state index in [9.17, 15) is 4.39 Å². The van der Waals surface area contributed by atoms with Crippen molar-refractivity contribution >= 4 is 15.9 Å². The van der Waals surface area contributed by atoms with Crippen LogP contribution in [0.5, 0.6) is 0 Å². The van der Waals surface area contributed by atoms with E-state index in [0.29, 0.717) is 11.1 Å². The third-order valence-electron chi connectivity index (χ3n) is 3.13. The van der Waals surface area contributed by atoms with Crippen LogP contribution in [0.2, 0.25) is 0 Å². The third kappa shape index (κ3) is 4.04. The van der Waals surface area contributed by atoms with Gasteiger partial charge in [-0.2, -0.15) is 0 Å². The molecule has 18 heavy (non-hydrogen) atoms. The SMILES string of the molecule is CCOC(C)(C)C(Cc1ccc(F)c(Br)c1)NC. The van der Waals surface area contributed by atoms with Crippen molar-refractivity contribution in [2.75, 3.05) is 13.7 Å². The van der Waals surface area contributed by atoms with E-state index in [4.69, 9.17) is 4.74 Å². The first-order valence-electron chi connectivity index (χ1n) is 6.16. The molecule has 0 heterocycles. The smallest absolute Gasteiger partial charge is 0.137 e. The Morgan fingerprint density at radius 2 is 2.11 bits per heavy atom. The molecule has 0 aliphatic heterocycles. The predicted molar refractivity (Wildman–Crippen MR) is 76.4 cm³/mol. The summed E-state index contributed by atoms with van der Waals surface area (Å²) in [6.45, 7) is 6.80. The van der Waals surface area contributed by atoms with E-state index in [1.165, 1.54) is 6.07 Å². The van der Waals surface area contributed by atoms with Gasteiger partial charge in [0.1, 0.15) is 5.82 Å². The zero-order chi connectivity index (χ0) is 13.8. The number of hydrogen-bond acceptors (Lipinski definition) is 2. The molecule has 1 aromatic carbocycles. The molecule has 0 radical (unpaired) electrons. The van der Waals surface area contributed by atoms with Crippen LogP contribution in [0.3, 0.4) is 0 Å². The molecule has 0 saturated heterocycles. The van der Waals surface area contributed by atoms with E-state index >= 15 is 0 Å². The number of benzene rings is 1. The number of likely N-dealkylation sites (N-methyl/N-ethyl adjacent to an activating group) is 1. The molecule has 1 atom stereocenters. The molecule has 0 aliphatic rings. The summed E-state index contributed by atoms with van der Waals surface area (Å²) in [5.74, 6) is -0.233. The van der Waals surface area contributed by atoms with Gasteiger partial charge in [0.05, 0.1) is 10.1 Å². The second-order valence-electron chi connectivity index (χ2n) is 4.83. The monoisotopic (exact) mass is 317 g/mol. The van der Waals surface area contributed by atoms with Crippen molar-refractivity contribution < 1.29 is 9.13 Å². The number of ether oxygens (including phenoxy) is 1. The number of hydrogen-bond donors (Lipinski definition) is 1. The highest BCUT2D eigenvalue weighted by molar-refractivity contribution is 9.10. The summed E-state index contributed by atoms with van der Waals surface area (Å²) in [4.78, 5) is 0. The Morgan fingerprint density at radius 1 is 1.44 bits per heavy atom. The number of halogens is 2. The van der Waals surface area contributed by atoms with Gasteiger partial charge in [-0.15, -0.1) is 0 Å². The molecule has 1 unspecified atom stereocenters. The summed E-state index contributed by atoms with van der Waals surface area (Å²) in [7, 11) is 1.92. The lowest BCUT2D eigenvalue weighted by atomic mass is 9.92. The summed E-state index contributed by atoms with van der Waals surface area (Å²) < 4.78 is 19.4. The molecule has 0 bridgehead atoms. The topological polar surface area (TPSA) is 21.3 Å². The Labute approximate surface area is 117 Å². The van der Waals surface area contributed by atoms with Gasteiger partial charge in [-0.3, -0.25) is 0 Å². The fourth-order valence-electron chi connectivity index (χ4n) is 2.07. The largest absolute Gasteiger partial charge is 0.374 e. The normalized spacial score (nSPS) is 13.7. The van der Waals surface area contributed by atoms with Crippen molar-refractivity contribution in [3.8, 4) is 0 Å². The molecule has 1 rings (SSSR count). The minimum Gasteiger partial charge on any atom is -0.374 e. The predicted octanol–water partition coefficient (Wildman–Crippen LogP) is 3.53. The van der Waals surface area contributed by atoms with Crippen molar-refractivity contribution in [3.63, 3.8) is 0 Å². The van der Waals surface area contributed by atoms with Crippen molar-refractivity contribution in [1.82, 2.24) is 5.32 Å². The molecule has 1 aromatic rings. The Kier molecular flexibility index (Phi) is 5.76. The average molecular weight is 318 g/mol. The van der Waals surface area contributed by atoms with Gasteiger partial charge >= 0.3 is 0 Å². The Morgan fingerprint density at radius 3 is 2.61 bits per heavy atom. The van der Waals surface area contributed by atoms with Crippen LogP contribution in [-0.2, 0) is 11.2 Å². The van der Waals surface area contributed by atoms with Crippen LogP contribution in [0.4, 0.5) is 4.39 Å². The Balaban J connectivity index is 2.82. The summed E-state index contributed by atoms with van der Waals surface area (Å²) >= 11 is 3.21. The average Bonchev–Trinajstić information content (AvgIpc) is 2.30. The van der Waals surface area contributed by atoms with E-state index in [-0.39, 0.29) is 17.5 Å². The van der Waals surface area contributed by atoms with E-state index in [1.54, 1.807) is 0 Å². The van der Waals surface area contributed by atoms with Crippen molar-refractivity contribution in [2.45, 2.75) is 38.8 Å². The lowest BCUT2D eigenvalue weighted by Gasteiger charge is -2.34. The van der Waals surface area contributed by atoms with Gasteiger partial charge in [0, 0.05) is 12.6 Å². The highest BCUT2D eigenvalue weighted by Crippen LogP contribution is 2.22. The van der Waals surface area contributed by atoms with Gasteiger partial charge in [0.2, 0.25) is 0 Å². The van der Waals surface area contributed by atoms with E-state index in [0.717, 1.165) is 12.0 Å². The second kappa shape index (κ2) is 6.64. The molecule has 0 aromatic heterocycles. The van der Waals surface area contributed by atoms with E-state index < -0.39 is 0 Å². The second-order valence-corrected chi connectivity index (χ2v) is 5.68. The third-order valence-corrected chi connectivity index (χ3v) is 3.74. The quantitative estimate of drug-likeness (QED) is 0.866. The summed E-state index contributed by atoms with van der Waals surface area (Å²) in [6.07, 6.45) is 0.794. The molecular weight excluding hydrogens is 297 g/mol. The standard InChI is InChI=1S/C14H21BrFNO/c1-5-18-14(2,3)13(17-4)9-10-6-7-12(16)11(15)8-10/h6-8,13,17H,5,9H2,1-4H3. The van der Waals surface area contributed by atoms with Gasteiger partial charge < -0.3 is 10.1 Å². The fourth-order valence-corrected chi connectivity index (χ4v) is 2.50. The van der Waals surface area contributed by atoms with Crippen molar-refractivity contribution in [1.29, 1.82) is 0 Å². The van der Waals surface area contributed by atoms with Gasteiger partial charge in [-0.1, -0.05) is 6.07 Å². The molecular formula is C14H21BrFNO. The molecule has 0 saturated carbocycles. The van der Waals surface area contributed by atoms with Crippen LogP contribution in [0.1, 0.15) is 26.3 Å². The van der Waals surface area contributed by atoms with E-state index in [2.05, 4.69) is 35.1 Å². The van der Waals surface area contributed by atoms with Crippen LogP contribution < -0.4 is 5.32 Å².